The molecule has 88 valence electrons. The van der Waals surface area contributed by atoms with Crippen LogP contribution in [-0.4, -0.2) is 16.5 Å². The maximum absolute atomic E-state index is 4.21. The minimum Gasteiger partial charge on any atom is -0.345 e. The van der Waals surface area contributed by atoms with E-state index >= 15 is 0 Å². The van der Waals surface area contributed by atoms with Gasteiger partial charge >= 0.3 is 0 Å². The molecular formula is C13H21N3. The molecule has 0 saturated heterocycles. The van der Waals surface area contributed by atoms with Crippen LogP contribution in [0.5, 0.6) is 0 Å². The molecule has 0 unspecified atom stereocenters. The van der Waals surface area contributed by atoms with Crippen LogP contribution in [0.1, 0.15) is 37.2 Å². The standard InChI is InChI=1S/C13H21N3/c1-9-15-7-12(16-9)6-14-8-13(10-2-3-10)11-4-5-11/h7,10-11,13-14H,2-6,8H2,1H3,(H,15,16). The molecular weight excluding hydrogens is 198 g/mol. The molecule has 1 heterocycles. The van der Waals surface area contributed by atoms with Crippen molar-refractivity contribution in [2.24, 2.45) is 17.8 Å². The molecule has 16 heavy (non-hydrogen) atoms. The highest BCUT2D eigenvalue weighted by Gasteiger charge is 2.40. The van der Waals surface area contributed by atoms with Crippen LogP contribution in [0.25, 0.3) is 0 Å². The quantitative estimate of drug-likeness (QED) is 0.770. The van der Waals surface area contributed by atoms with Gasteiger partial charge in [-0.25, -0.2) is 4.98 Å². The van der Waals surface area contributed by atoms with Crippen molar-refractivity contribution >= 4 is 0 Å². The molecule has 2 saturated carbocycles. The van der Waals surface area contributed by atoms with Crippen molar-refractivity contribution in [1.82, 2.24) is 15.3 Å². The number of H-pyrrole nitrogens is 1. The summed E-state index contributed by atoms with van der Waals surface area (Å²) in [6, 6.07) is 0. The van der Waals surface area contributed by atoms with Crippen molar-refractivity contribution in [3.63, 3.8) is 0 Å². The molecule has 0 aromatic carbocycles. The van der Waals surface area contributed by atoms with E-state index < -0.39 is 0 Å². The maximum Gasteiger partial charge on any atom is 0.103 e. The van der Waals surface area contributed by atoms with Crippen molar-refractivity contribution in [1.29, 1.82) is 0 Å². The highest BCUT2D eigenvalue weighted by Crippen LogP contribution is 2.48. The van der Waals surface area contributed by atoms with E-state index in [1.165, 1.54) is 37.9 Å². The smallest absolute Gasteiger partial charge is 0.103 e. The van der Waals surface area contributed by atoms with E-state index in [-0.39, 0.29) is 0 Å². The van der Waals surface area contributed by atoms with Crippen LogP contribution in [0.3, 0.4) is 0 Å². The fraction of sp³-hybridized carbons (Fsp3) is 0.769. The van der Waals surface area contributed by atoms with E-state index in [4.69, 9.17) is 0 Å². The third-order valence-electron chi connectivity index (χ3n) is 3.91. The Labute approximate surface area is 97.0 Å². The molecule has 3 heteroatoms. The third kappa shape index (κ3) is 2.46. The Bertz CT molecular complexity index is 338. The lowest BCUT2D eigenvalue weighted by Gasteiger charge is -2.15. The topological polar surface area (TPSA) is 40.7 Å². The first kappa shape index (κ1) is 10.3. The summed E-state index contributed by atoms with van der Waals surface area (Å²) in [5.41, 5.74) is 1.21. The first-order valence-corrected chi connectivity index (χ1v) is 6.54. The normalized spacial score (nSPS) is 20.6. The van der Waals surface area contributed by atoms with Crippen LogP contribution in [0.4, 0.5) is 0 Å². The van der Waals surface area contributed by atoms with Crippen LogP contribution in [0, 0.1) is 24.7 Å². The Kier molecular flexibility index (Phi) is 2.72. The van der Waals surface area contributed by atoms with E-state index in [0.29, 0.717) is 0 Å². The van der Waals surface area contributed by atoms with Gasteiger partial charge in [0.2, 0.25) is 0 Å². The molecule has 0 atom stereocenters. The first-order chi connectivity index (χ1) is 7.83. The molecule has 2 aliphatic carbocycles. The molecule has 2 N–H and O–H groups in total. The summed E-state index contributed by atoms with van der Waals surface area (Å²) in [7, 11) is 0. The zero-order chi connectivity index (χ0) is 11.0. The molecule has 0 spiro atoms. The van der Waals surface area contributed by atoms with Crippen LogP contribution < -0.4 is 5.32 Å². The van der Waals surface area contributed by atoms with Gasteiger partial charge < -0.3 is 10.3 Å². The van der Waals surface area contributed by atoms with Gasteiger partial charge in [0, 0.05) is 18.4 Å². The zero-order valence-corrected chi connectivity index (χ0v) is 10.00. The second kappa shape index (κ2) is 4.21. The number of aromatic nitrogens is 2. The second-order valence-electron chi connectivity index (χ2n) is 5.46. The van der Waals surface area contributed by atoms with Gasteiger partial charge in [-0.2, -0.15) is 0 Å². The van der Waals surface area contributed by atoms with E-state index in [2.05, 4.69) is 15.3 Å². The molecule has 0 radical (unpaired) electrons. The van der Waals surface area contributed by atoms with Crippen molar-refractivity contribution in [2.75, 3.05) is 6.54 Å². The fourth-order valence-corrected chi connectivity index (χ4v) is 2.70. The Hall–Kier alpha value is -0.830. The Morgan fingerprint density at radius 1 is 1.38 bits per heavy atom. The number of nitrogens with one attached hydrogen (secondary N) is 2. The fourth-order valence-electron chi connectivity index (χ4n) is 2.70. The van der Waals surface area contributed by atoms with E-state index in [9.17, 15) is 0 Å². The predicted molar refractivity (Wildman–Crippen MR) is 64.0 cm³/mol. The highest BCUT2D eigenvalue weighted by atomic mass is 15.0. The summed E-state index contributed by atoms with van der Waals surface area (Å²) in [4.78, 5) is 7.48. The molecule has 0 aliphatic heterocycles. The number of rotatable bonds is 6. The maximum atomic E-state index is 4.21. The van der Waals surface area contributed by atoms with Crippen molar-refractivity contribution in [3.8, 4) is 0 Å². The van der Waals surface area contributed by atoms with Gasteiger partial charge in [0.25, 0.3) is 0 Å². The number of aromatic amines is 1. The largest absolute Gasteiger partial charge is 0.345 e. The van der Waals surface area contributed by atoms with E-state index in [1.807, 2.05) is 13.1 Å². The minimum atomic E-state index is 0.941. The van der Waals surface area contributed by atoms with Gasteiger partial charge in [0.05, 0.1) is 0 Å². The number of imidazole rings is 1. The summed E-state index contributed by atoms with van der Waals surface area (Å²) in [5.74, 6) is 4.06. The lowest BCUT2D eigenvalue weighted by Crippen LogP contribution is -2.25. The van der Waals surface area contributed by atoms with Crippen molar-refractivity contribution < 1.29 is 0 Å². The average Bonchev–Trinajstić information content (AvgIpc) is 3.15. The molecule has 0 amide bonds. The molecule has 0 bridgehead atoms. The lowest BCUT2D eigenvalue weighted by molar-refractivity contribution is 0.378. The summed E-state index contributed by atoms with van der Waals surface area (Å²) >= 11 is 0. The molecule has 2 fully saturated rings. The predicted octanol–water partition coefficient (Wildman–Crippen LogP) is 2.24. The monoisotopic (exact) mass is 219 g/mol. The van der Waals surface area contributed by atoms with Crippen LogP contribution in [-0.2, 0) is 6.54 Å². The number of hydrogen-bond acceptors (Lipinski definition) is 2. The van der Waals surface area contributed by atoms with Crippen LogP contribution in [0.2, 0.25) is 0 Å². The molecule has 3 nitrogen and oxygen atoms in total. The van der Waals surface area contributed by atoms with Gasteiger partial charge in [0.15, 0.2) is 0 Å². The Balaban J connectivity index is 1.44. The Morgan fingerprint density at radius 3 is 2.56 bits per heavy atom. The number of hydrogen-bond donors (Lipinski definition) is 2. The summed E-state index contributed by atoms with van der Waals surface area (Å²) in [5, 5.41) is 3.59. The van der Waals surface area contributed by atoms with Gasteiger partial charge in [-0.15, -0.1) is 0 Å². The molecule has 1 aromatic rings. The second-order valence-corrected chi connectivity index (χ2v) is 5.46. The zero-order valence-electron chi connectivity index (χ0n) is 10.00. The number of aryl methyl sites for hydroxylation is 1. The molecule has 2 aliphatic rings. The van der Waals surface area contributed by atoms with Gasteiger partial charge in [-0.1, -0.05) is 0 Å². The molecule has 3 rings (SSSR count). The summed E-state index contributed by atoms with van der Waals surface area (Å²) in [6.45, 7) is 4.14. The molecule has 1 aromatic heterocycles. The highest BCUT2D eigenvalue weighted by molar-refractivity contribution is 5.00. The Morgan fingerprint density at radius 2 is 2.06 bits per heavy atom. The number of nitrogens with zero attached hydrogens (tertiary/aromatic N) is 1. The van der Waals surface area contributed by atoms with Gasteiger partial charge in [-0.05, 0) is 56.9 Å². The van der Waals surface area contributed by atoms with E-state index in [0.717, 1.165) is 30.1 Å². The van der Waals surface area contributed by atoms with Gasteiger partial charge in [-0.3, -0.25) is 0 Å². The minimum absolute atomic E-state index is 0.941. The van der Waals surface area contributed by atoms with Crippen LogP contribution >= 0.6 is 0 Å². The summed E-state index contributed by atoms with van der Waals surface area (Å²) < 4.78 is 0. The SMILES string of the molecule is Cc1ncc(CNCC(C2CC2)C2CC2)[nH]1. The van der Waals surface area contributed by atoms with Crippen molar-refractivity contribution in [3.05, 3.63) is 17.7 Å². The van der Waals surface area contributed by atoms with Crippen LogP contribution in [0.15, 0.2) is 6.20 Å². The third-order valence-corrected chi connectivity index (χ3v) is 3.91. The lowest BCUT2D eigenvalue weighted by atomic mass is 9.98. The summed E-state index contributed by atoms with van der Waals surface area (Å²) in [6.07, 6.45) is 7.85. The van der Waals surface area contributed by atoms with Gasteiger partial charge in [0.1, 0.15) is 5.82 Å². The average molecular weight is 219 g/mol. The van der Waals surface area contributed by atoms with Crippen molar-refractivity contribution in [2.45, 2.75) is 39.2 Å². The first-order valence-electron chi connectivity index (χ1n) is 6.54. The van der Waals surface area contributed by atoms with E-state index in [1.54, 1.807) is 0 Å².